The number of nitrogens with one attached hydrogen (secondary N) is 2. The molecule has 4 rings (SSSR count). The van der Waals surface area contributed by atoms with E-state index in [1.807, 2.05) is 60.7 Å². The van der Waals surface area contributed by atoms with E-state index in [0.717, 1.165) is 22.5 Å². The molecule has 22 heavy (non-hydrogen) atoms. The van der Waals surface area contributed by atoms with Crippen LogP contribution in [0.3, 0.4) is 0 Å². The smallest absolute Gasteiger partial charge is 0.202 e. The van der Waals surface area contributed by atoms with Crippen LogP contribution in [-0.2, 0) is 0 Å². The summed E-state index contributed by atoms with van der Waals surface area (Å²) >= 11 is 0. The summed E-state index contributed by atoms with van der Waals surface area (Å²) < 4.78 is 0. The van der Waals surface area contributed by atoms with Crippen LogP contribution in [0.2, 0.25) is 0 Å². The second-order valence-corrected chi connectivity index (χ2v) is 4.88. The number of aromatic nitrogens is 4. The van der Waals surface area contributed by atoms with Gasteiger partial charge in [0.15, 0.2) is 5.82 Å². The van der Waals surface area contributed by atoms with Crippen LogP contribution in [0.25, 0.3) is 22.4 Å². The van der Waals surface area contributed by atoms with Crippen LogP contribution in [0.15, 0.2) is 66.9 Å². The van der Waals surface area contributed by atoms with Gasteiger partial charge in [0.1, 0.15) is 5.52 Å². The molecule has 2 N–H and O–H groups in total. The van der Waals surface area contributed by atoms with E-state index < -0.39 is 0 Å². The van der Waals surface area contributed by atoms with Gasteiger partial charge in [-0.1, -0.05) is 48.5 Å². The molecule has 5 nitrogen and oxygen atoms in total. The van der Waals surface area contributed by atoms with Crippen LogP contribution in [-0.4, -0.2) is 20.2 Å². The molecule has 0 unspecified atom stereocenters. The number of benzene rings is 2. The third-order valence-corrected chi connectivity index (χ3v) is 3.37. The maximum absolute atomic E-state index is 4.50. The van der Waals surface area contributed by atoms with Crippen LogP contribution in [0.1, 0.15) is 0 Å². The van der Waals surface area contributed by atoms with Crippen molar-refractivity contribution in [2.45, 2.75) is 0 Å². The van der Waals surface area contributed by atoms with Crippen molar-refractivity contribution in [3.8, 4) is 11.3 Å². The van der Waals surface area contributed by atoms with Gasteiger partial charge in [0.25, 0.3) is 0 Å². The van der Waals surface area contributed by atoms with Crippen molar-refractivity contribution in [2.75, 3.05) is 5.32 Å². The van der Waals surface area contributed by atoms with Crippen LogP contribution in [0.4, 0.5) is 11.5 Å². The van der Waals surface area contributed by atoms with Gasteiger partial charge < -0.3 is 5.32 Å². The minimum atomic E-state index is 0.597. The number of anilines is 2. The molecule has 0 saturated carbocycles. The summed E-state index contributed by atoms with van der Waals surface area (Å²) in [6.45, 7) is 0. The van der Waals surface area contributed by atoms with E-state index in [4.69, 9.17) is 0 Å². The molecule has 0 amide bonds. The SMILES string of the molecule is c1ccc(Nc2cnc3c(-c4ccccc4)[nH]nc3n2)cc1. The molecular formula is C17H13N5. The van der Waals surface area contributed by atoms with Gasteiger partial charge in [-0.15, -0.1) is 0 Å². The van der Waals surface area contributed by atoms with Crippen LogP contribution >= 0.6 is 0 Å². The molecule has 0 aliphatic rings. The lowest BCUT2D eigenvalue weighted by Crippen LogP contribution is -1.94. The first kappa shape index (κ1) is 12.5. The van der Waals surface area contributed by atoms with E-state index >= 15 is 0 Å². The number of rotatable bonds is 3. The Morgan fingerprint density at radius 1 is 0.864 bits per heavy atom. The van der Waals surface area contributed by atoms with Gasteiger partial charge in [0.05, 0.1) is 11.9 Å². The summed E-state index contributed by atoms with van der Waals surface area (Å²) in [7, 11) is 0. The lowest BCUT2D eigenvalue weighted by Gasteiger charge is -2.04. The fraction of sp³-hybridized carbons (Fsp3) is 0. The van der Waals surface area contributed by atoms with Crippen molar-refractivity contribution in [1.82, 2.24) is 20.2 Å². The van der Waals surface area contributed by atoms with E-state index in [2.05, 4.69) is 25.5 Å². The lowest BCUT2D eigenvalue weighted by molar-refractivity contribution is 1.10. The minimum absolute atomic E-state index is 0.597. The van der Waals surface area contributed by atoms with Crippen LogP contribution in [0.5, 0.6) is 0 Å². The van der Waals surface area contributed by atoms with Crippen molar-refractivity contribution in [3.05, 3.63) is 66.9 Å². The molecule has 0 radical (unpaired) electrons. The Kier molecular flexibility index (Phi) is 3.01. The first-order valence-electron chi connectivity index (χ1n) is 6.99. The van der Waals surface area contributed by atoms with Crippen LogP contribution < -0.4 is 5.32 Å². The predicted octanol–water partition coefficient (Wildman–Crippen LogP) is 3.76. The summed E-state index contributed by atoms with van der Waals surface area (Å²) in [5, 5.41) is 10.5. The van der Waals surface area contributed by atoms with Gasteiger partial charge in [-0.25, -0.2) is 9.97 Å². The Balaban J connectivity index is 1.71. The highest BCUT2D eigenvalue weighted by Crippen LogP contribution is 2.24. The van der Waals surface area contributed by atoms with E-state index in [-0.39, 0.29) is 0 Å². The molecule has 106 valence electrons. The second kappa shape index (κ2) is 5.29. The first-order valence-corrected chi connectivity index (χ1v) is 6.99. The Morgan fingerprint density at radius 2 is 1.59 bits per heavy atom. The molecule has 0 atom stereocenters. The highest BCUT2D eigenvalue weighted by Gasteiger charge is 2.10. The summed E-state index contributed by atoms with van der Waals surface area (Å²) in [5.74, 6) is 0.671. The number of fused-ring (bicyclic) bond motifs is 1. The molecule has 0 spiro atoms. The maximum atomic E-state index is 4.50. The lowest BCUT2D eigenvalue weighted by atomic mass is 10.1. The summed E-state index contributed by atoms with van der Waals surface area (Å²) in [4.78, 5) is 9.00. The molecule has 2 aromatic heterocycles. The number of para-hydroxylation sites is 1. The Morgan fingerprint density at radius 3 is 2.36 bits per heavy atom. The van der Waals surface area contributed by atoms with Gasteiger partial charge in [-0.3, -0.25) is 5.10 Å². The zero-order chi connectivity index (χ0) is 14.8. The summed E-state index contributed by atoms with van der Waals surface area (Å²) in [6, 6.07) is 19.9. The van der Waals surface area contributed by atoms with Gasteiger partial charge in [0.2, 0.25) is 5.65 Å². The normalized spacial score (nSPS) is 10.7. The van der Waals surface area contributed by atoms with Crippen molar-refractivity contribution >= 4 is 22.7 Å². The molecule has 0 aliphatic carbocycles. The average molecular weight is 287 g/mol. The fourth-order valence-corrected chi connectivity index (χ4v) is 2.33. The topological polar surface area (TPSA) is 66.5 Å². The number of hydrogen-bond donors (Lipinski definition) is 2. The zero-order valence-electron chi connectivity index (χ0n) is 11.7. The third kappa shape index (κ3) is 2.29. The van der Waals surface area contributed by atoms with Gasteiger partial charge in [-0.05, 0) is 12.1 Å². The summed E-state index contributed by atoms with van der Waals surface area (Å²) in [5.41, 5.74) is 4.26. The number of hydrogen-bond acceptors (Lipinski definition) is 4. The second-order valence-electron chi connectivity index (χ2n) is 4.88. The molecule has 0 bridgehead atoms. The molecule has 5 heteroatoms. The Labute approximate surface area is 127 Å². The van der Waals surface area contributed by atoms with Crippen molar-refractivity contribution in [2.24, 2.45) is 0 Å². The highest BCUT2D eigenvalue weighted by molar-refractivity contribution is 5.87. The monoisotopic (exact) mass is 287 g/mol. The predicted molar refractivity (Wildman–Crippen MR) is 86.8 cm³/mol. The molecule has 2 heterocycles. The van der Waals surface area contributed by atoms with Crippen LogP contribution in [0, 0.1) is 0 Å². The van der Waals surface area contributed by atoms with Crippen molar-refractivity contribution in [1.29, 1.82) is 0 Å². The highest BCUT2D eigenvalue weighted by atomic mass is 15.2. The molecule has 0 saturated heterocycles. The standard InChI is InChI=1S/C17H13N5/c1-3-7-12(8-4-1)15-16-17(22-21-15)20-14(11-18-16)19-13-9-5-2-6-10-13/h1-11H,(H2,19,20,21,22). The molecule has 0 aliphatic heterocycles. The third-order valence-electron chi connectivity index (χ3n) is 3.37. The molecule has 2 aromatic carbocycles. The van der Waals surface area contributed by atoms with Crippen molar-refractivity contribution in [3.63, 3.8) is 0 Å². The molecule has 0 fully saturated rings. The quantitative estimate of drug-likeness (QED) is 0.602. The first-order chi connectivity index (χ1) is 10.9. The maximum Gasteiger partial charge on any atom is 0.202 e. The van der Waals surface area contributed by atoms with Gasteiger partial charge in [-0.2, -0.15) is 5.10 Å². The van der Waals surface area contributed by atoms with E-state index in [1.165, 1.54) is 0 Å². The van der Waals surface area contributed by atoms with E-state index in [9.17, 15) is 0 Å². The zero-order valence-corrected chi connectivity index (χ0v) is 11.7. The Bertz CT molecular complexity index is 900. The number of nitrogens with zero attached hydrogens (tertiary/aromatic N) is 3. The largest absolute Gasteiger partial charge is 0.339 e. The minimum Gasteiger partial charge on any atom is -0.339 e. The molecule has 4 aromatic rings. The number of H-pyrrole nitrogens is 1. The average Bonchev–Trinajstić information content (AvgIpc) is 3.00. The molecular weight excluding hydrogens is 274 g/mol. The summed E-state index contributed by atoms with van der Waals surface area (Å²) in [6.07, 6.45) is 1.72. The van der Waals surface area contributed by atoms with Gasteiger partial charge in [0, 0.05) is 11.3 Å². The van der Waals surface area contributed by atoms with E-state index in [1.54, 1.807) is 6.20 Å². The van der Waals surface area contributed by atoms with E-state index in [0.29, 0.717) is 11.5 Å². The fourth-order valence-electron chi connectivity index (χ4n) is 2.33. The van der Waals surface area contributed by atoms with Crippen molar-refractivity contribution < 1.29 is 0 Å². The number of aromatic amines is 1. The van der Waals surface area contributed by atoms with Gasteiger partial charge >= 0.3 is 0 Å². The Hall–Kier alpha value is -3.21.